The minimum atomic E-state index is -0.465. The lowest BCUT2D eigenvalue weighted by atomic mass is 10.1. The van der Waals surface area contributed by atoms with Gasteiger partial charge in [-0.25, -0.2) is 0 Å². The van der Waals surface area contributed by atoms with E-state index >= 15 is 0 Å². The van der Waals surface area contributed by atoms with Gasteiger partial charge in [-0.2, -0.15) is 0 Å². The molecular weight excluding hydrogens is 258 g/mol. The molecular formula is C14H17N3OS. The summed E-state index contributed by atoms with van der Waals surface area (Å²) in [6.07, 6.45) is 3.22. The highest BCUT2D eigenvalue weighted by Gasteiger charge is 2.13. The van der Waals surface area contributed by atoms with Crippen LogP contribution in [-0.4, -0.2) is 16.9 Å². The summed E-state index contributed by atoms with van der Waals surface area (Å²) in [7, 11) is 0. The van der Waals surface area contributed by atoms with Gasteiger partial charge >= 0.3 is 0 Å². The number of nitrogens with zero attached hydrogens (tertiary/aromatic N) is 1. The van der Waals surface area contributed by atoms with E-state index in [0.717, 1.165) is 11.3 Å². The van der Waals surface area contributed by atoms with Gasteiger partial charge in [0, 0.05) is 11.1 Å². The van der Waals surface area contributed by atoms with Crippen molar-refractivity contribution in [2.45, 2.75) is 25.4 Å². The summed E-state index contributed by atoms with van der Waals surface area (Å²) < 4.78 is 0. The molecule has 1 aromatic carbocycles. The van der Waals surface area contributed by atoms with Crippen LogP contribution in [0.1, 0.15) is 16.9 Å². The molecule has 0 bridgehead atoms. The number of hydrogen-bond acceptors (Lipinski definition) is 4. The zero-order chi connectivity index (χ0) is 13.5. The molecule has 1 heterocycles. The van der Waals surface area contributed by atoms with E-state index < -0.39 is 6.04 Å². The number of rotatable bonds is 6. The molecule has 1 atom stereocenters. The number of nitrogens with two attached hydrogens (primary N) is 1. The largest absolute Gasteiger partial charge is 0.350 e. The first kappa shape index (κ1) is 13.7. The number of hydrogen-bond donors (Lipinski definition) is 2. The van der Waals surface area contributed by atoms with Gasteiger partial charge in [0.15, 0.2) is 0 Å². The number of benzene rings is 1. The molecule has 0 saturated carbocycles. The average Bonchev–Trinajstić information content (AvgIpc) is 2.96. The standard InChI is InChI=1S/C14H17N3OS/c15-13(7-6-11-4-2-1-3-5-11)14(18)17-9-12-8-16-10-19-12/h1-5,8,10,13H,6-7,9,15H2,(H,17,18). The van der Waals surface area contributed by atoms with Gasteiger partial charge < -0.3 is 11.1 Å². The molecule has 0 aliphatic rings. The van der Waals surface area contributed by atoms with Gasteiger partial charge in [0.25, 0.3) is 0 Å². The number of aromatic nitrogens is 1. The van der Waals surface area contributed by atoms with Crippen molar-refractivity contribution in [1.29, 1.82) is 0 Å². The van der Waals surface area contributed by atoms with Crippen LogP contribution in [0.25, 0.3) is 0 Å². The first-order chi connectivity index (χ1) is 9.25. The average molecular weight is 275 g/mol. The van der Waals surface area contributed by atoms with Crippen LogP contribution in [0.5, 0.6) is 0 Å². The van der Waals surface area contributed by atoms with Crippen LogP contribution in [-0.2, 0) is 17.8 Å². The van der Waals surface area contributed by atoms with Gasteiger partial charge in [0.2, 0.25) is 5.91 Å². The Morgan fingerprint density at radius 2 is 2.16 bits per heavy atom. The van der Waals surface area contributed by atoms with Crippen LogP contribution in [0.2, 0.25) is 0 Å². The van der Waals surface area contributed by atoms with Crippen LogP contribution >= 0.6 is 11.3 Å². The van der Waals surface area contributed by atoms with Crippen molar-refractivity contribution in [2.75, 3.05) is 0 Å². The summed E-state index contributed by atoms with van der Waals surface area (Å²) in [5.41, 5.74) is 8.83. The molecule has 0 radical (unpaired) electrons. The summed E-state index contributed by atoms with van der Waals surface area (Å²) in [5.74, 6) is -0.107. The van der Waals surface area contributed by atoms with E-state index in [4.69, 9.17) is 5.73 Å². The Hall–Kier alpha value is -1.72. The third-order valence-corrected chi connectivity index (χ3v) is 3.62. The monoisotopic (exact) mass is 275 g/mol. The van der Waals surface area contributed by atoms with Gasteiger partial charge in [-0.05, 0) is 18.4 Å². The maximum atomic E-state index is 11.8. The van der Waals surface area contributed by atoms with E-state index in [9.17, 15) is 4.79 Å². The van der Waals surface area contributed by atoms with E-state index in [0.29, 0.717) is 13.0 Å². The SMILES string of the molecule is NC(CCc1ccccc1)C(=O)NCc1cncs1. The molecule has 1 unspecified atom stereocenters. The Morgan fingerprint density at radius 3 is 2.84 bits per heavy atom. The van der Waals surface area contributed by atoms with Crippen LogP contribution in [0, 0.1) is 0 Å². The summed E-state index contributed by atoms with van der Waals surface area (Å²) in [6, 6.07) is 9.58. The molecule has 0 aliphatic heterocycles. The number of amides is 1. The highest BCUT2D eigenvalue weighted by atomic mass is 32.1. The lowest BCUT2D eigenvalue weighted by Crippen LogP contribution is -2.40. The lowest BCUT2D eigenvalue weighted by Gasteiger charge is -2.11. The van der Waals surface area contributed by atoms with Crippen molar-refractivity contribution in [2.24, 2.45) is 5.73 Å². The number of nitrogens with one attached hydrogen (secondary N) is 1. The molecule has 0 aliphatic carbocycles. The lowest BCUT2D eigenvalue weighted by molar-refractivity contribution is -0.122. The Balaban J connectivity index is 1.73. The molecule has 2 rings (SSSR count). The van der Waals surface area contributed by atoms with Crippen molar-refractivity contribution in [3.8, 4) is 0 Å². The second kappa shape index (κ2) is 7.01. The molecule has 1 amide bonds. The quantitative estimate of drug-likeness (QED) is 0.843. The van der Waals surface area contributed by atoms with Crippen LogP contribution in [0.3, 0.4) is 0 Å². The summed E-state index contributed by atoms with van der Waals surface area (Å²) in [5, 5.41) is 2.83. The molecule has 19 heavy (non-hydrogen) atoms. The fourth-order valence-corrected chi connectivity index (χ4v) is 2.27. The maximum Gasteiger partial charge on any atom is 0.237 e. The normalized spacial score (nSPS) is 12.1. The van der Waals surface area contributed by atoms with Gasteiger partial charge in [0.1, 0.15) is 0 Å². The number of thiazole rings is 1. The van der Waals surface area contributed by atoms with Crippen molar-refractivity contribution in [3.05, 3.63) is 52.5 Å². The third kappa shape index (κ3) is 4.46. The molecule has 1 aromatic heterocycles. The summed E-state index contributed by atoms with van der Waals surface area (Å²) in [6.45, 7) is 0.503. The minimum Gasteiger partial charge on any atom is -0.350 e. The Morgan fingerprint density at radius 1 is 1.37 bits per heavy atom. The molecule has 100 valence electrons. The molecule has 4 nitrogen and oxygen atoms in total. The topological polar surface area (TPSA) is 68.0 Å². The molecule has 0 saturated heterocycles. The molecule has 0 fully saturated rings. The number of carbonyl (C=O) groups is 1. The number of carbonyl (C=O) groups excluding carboxylic acids is 1. The zero-order valence-electron chi connectivity index (χ0n) is 10.6. The smallest absolute Gasteiger partial charge is 0.237 e. The van der Waals surface area contributed by atoms with E-state index in [1.165, 1.54) is 16.9 Å². The van der Waals surface area contributed by atoms with Crippen molar-refractivity contribution in [3.63, 3.8) is 0 Å². The zero-order valence-corrected chi connectivity index (χ0v) is 11.4. The Labute approximate surface area is 116 Å². The van der Waals surface area contributed by atoms with Crippen molar-refractivity contribution >= 4 is 17.2 Å². The van der Waals surface area contributed by atoms with Crippen molar-refractivity contribution in [1.82, 2.24) is 10.3 Å². The summed E-state index contributed by atoms with van der Waals surface area (Å²) >= 11 is 1.52. The van der Waals surface area contributed by atoms with E-state index in [2.05, 4.69) is 10.3 Å². The fraction of sp³-hybridized carbons (Fsp3) is 0.286. The Bertz CT molecular complexity index is 499. The van der Waals surface area contributed by atoms with E-state index in [1.807, 2.05) is 30.3 Å². The predicted molar refractivity (Wildman–Crippen MR) is 76.7 cm³/mol. The first-order valence-corrected chi connectivity index (χ1v) is 7.08. The van der Waals surface area contributed by atoms with Crippen molar-refractivity contribution < 1.29 is 4.79 Å². The minimum absolute atomic E-state index is 0.107. The van der Waals surface area contributed by atoms with Crippen LogP contribution in [0.4, 0.5) is 0 Å². The maximum absolute atomic E-state index is 11.8. The first-order valence-electron chi connectivity index (χ1n) is 6.20. The van der Waals surface area contributed by atoms with Gasteiger partial charge in [-0.15, -0.1) is 11.3 Å². The van der Waals surface area contributed by atoms with Crippen LogP contribution in [0.15, 0.2) is 42.0 Å². The molecule has 3 N–H and O–H groups in total. The second-order valence-electron chi connectivity index (χ2n) is 4.32. The summed E-state index contributed by atoms with van der Waals surface area (Å²) in [4.78, 5) is 16.8. The van der Waals surface area contributed by atoms with Gasteiger partial charge in [0.05, 0.1) is 18.1 Å². The molecule has 2 aromatic rings. The second-order valence-corrected chi connectivity index (χ2v) is 5.29. The third-order valence-electron chi connectivity index (χ3n) is 2.84. The predicted octanol–water partition coefficient (Wildman–Crippen LogP) is 1.72. The highest BCUT2D eigenvalue weighted by molar-refractivity contribution is 7.09. The Kier molecular flexibility index (Phi) is 5.06. The van der Waals surface area contributed by atoms with Gasteiger partial charge in [-0.3, -0.25) is 9.78 Å². The highest BCUT2D eigenvalue weighted by Crippen LogP contribution is 2.06. The molecule has 5 heteroatoms. The molecule has 0 spiro atoms. The van der Waals surface area contributed by atoms with Crippen LogP contribution < -0.4 is 11.1 Å². The van der Waals surface area contributed by atoms with E-state index in [-0.39, 0.29) is 5.91 Å². The fourth-order valence-electron chi connectivity index (χ4n) is 1.73. The number of aryl methyl sites for hydroxylation is 1. The van der Waals surface area contributed by atoms with Gasteiger partial charge in [-0.1, -0.05) is 30.3 Å². The van der Waals surface area contributed by atoms with E-state index in [1.54, 1.807) is 11.7 Å².